The Morgan fingerprint density at radius 3 is 2.70 bits per heavy atom. The molecule has 1 aromatic carbocycles. The molecule has 1 saturated carbocycles. The van der Waals surface area contributed by atoms with Crippen LogP contribution in [0.25, 0.3) is 11.0 Å². The first-order valence-electron chi connectivity index (χ1n) is 7.55. The van der Waals surface area contributed by atoms with E-state index in [0.29, 0.717) is 5.58 Å². The molecule has 1 unspecified atom stereocenters. The topological polar surface area (TPSA) is 25.2 Å². The van der Waals surface area contributed by atoms with Crippen LogP contribution < -0.4 is 5.32 Å². The van der Waals surface area contributed by atoms with Crippen molar-refractivity contribution in [3.8, 4) is 0 Å². The lowest BCUT2D eigenvalue weighted by atomic mass is 9.75. The molecule has 3 heteroatoms. The smallest absolute Gasteiger partial charge is 0.169 e. The first-order valence-corrected chi connectivity index (χ1v) is 7.55. The molecule has 1 aromatic heterocycles. The summed E-state index contributed by atoms with van der Waals surface area (Å²) >= 11 is 0. The second kappa shape index (κ2) is 5.21. The molecule has 1 N–H and O–H groups in total. The third kappa shape index (κ3) is 2.05. The van der Waals surface area contributed by atoms with Crippen molar-refractivity contribution < 1.29 is 8.81 Å². The molecule has 0 radical (unpaired) electrons. The number of halogens is 1. The summed E-state index contributed by atoms with van der Waals surface area (Å²) in [5.41, 5.74) is 0.631. The van der Waals surface area contributed by atoms with Crippen molar-refractivity contribution in [2.75, 3.05) is 7.05 Å². The summed E-state index contributed by atoms with van der Waals surface area (Å²) < 4.78 is 19.7. The summed E-state index contributed by atoms with van der Waals surface area (Å²) in [6.45, 7) is 2.25. The SMILES string of the molecule is CCC1(C(NC)c2cc3cccc(F)c3o2)CCCC1. The van der Waals surface area contributed by atoms with E-state index in [9.17, 15) is 4.39 Å². The van der Waals surface area contributed by atoms with Crippen LogP contribution >= 0.6 is 0 Å². The highest BCUT2D eigenvalue weighted by Crippen LogP contribution is 2.50. The van der Waals surface area contributed by atoms with Gasteiger partial charge in [0.25, 0.3) is 0 Å². The highest BCUT2D eigenvalue weighted by Gasteiger charge is 2.41. The molecule has 0 bridgehead atoms. The second-order valence-corrected chi connectivity index (χ2v) is 5.95. The lowest BCUT2D eigenvalue weighted by molar-refractivity contribution is 0.175. The van der Waals surface area contributed by atoms with Crippen LogP contribution in [-0.2, 0) is 0 Å². The molecule has 2 nitrogen and oxygen atoms in total. The normalized spacial score (nSPS) is 19.6. The Balaban J connectivity index is 2.05. The number of benzene rings is 1. The monoisotopic (exact) mass is 275 g/mol. The van der Waals surface area contributed by atoms with Gasteiger partial charge in [-0.1, -0.05) is 31.9 Å². The molecule has 1 heterocycles. The van der Waals surface area contributed by atoms with Crippen LogP contribution in [0.3, 0.4) is 0 Å². The van der Waals surface area contributed by atoms with E-state index >= 15 is 0 Å². The first kappa shape index (κ1) is 13.6. The molecule has 1 aliphatic rings. The summed E-state index contributed by atoms with van der Waals surface area (Å²) in [6.07, 6.45) is 6.11. The zero-order valence-electron chi connectivity index (χ0n) is 12.2. The number of para-hydroxylation sites is 1. The predicted octanol–water partition coefficient (Wildman–Crippen LogP) is 4.80. The van der Waals surface area contributed by atoms with E-state index in [-0.39, 0.29) is 17.3 Å². The molecule has 2 aromatic rings. The number of hydrogen-bond acceptors (Lipinski definition) is 2. The zero-order valence-corrected chi connectivity index (χ0v) is 12.2. The van der Waals surface area contributed by atoms with Crippen LogP contribution in [0.1, 0.15) is 50.8 Å². The van der Waals surface area contributed by atoms with Gasteiger partial charge < -0.3 is 9.73 Å². The third-order valence-corrected chi connectivity index (χ3v) is 5.00. The fourth-order valence-electron chi connectivity index (χ4n) is 3.87. The van der Waals surface area contributed by atoms with Crippen molar-refractivity contribution in [3.63, 3.8) is 0 Å². The Morgan fingerprint density at radius 1 is 1.35 bits per heavy atom. The zero-order chi connectivity index (χ0) is 14.2. The average molecular weight is 275 g/mol. The number of rotatable bonds is 4. The molecule has 3 rings (SSSR count). The van der Waals surface area contributed by atoms with E-state index in [1.165, 1.54) is 31.7 Å². The summed E-state index contributed by atoms with van der Waals surface area (Å²) in [5.74, 6) is 0.594. The molecule has 1 atom stereocenters. The molecular weight excluding hydrogens is 253 g/mol. The van der Waals surface area contributed by atoms with Gasteiger partial charge in [-0.05, 0) is 43.9 Å². The van der Waals surface area contributed by atoms with E-state index in [1.807, 2.05) is 19.2 Å². The number of furan rings is 1. The van der Waals surface area contributed by atoms with Crippen LogP contribution in [0, 0.1) is 11.2 Å². The fraction of sp³-hybridized carbons (Fsp3) is 0.529. The molecule has 108 valence electrons. The summed E-state index contributed by atoms with van der Waals surface area (Å²) in [4.78, 5) is 0. The van der Waals surface area contributed by atoms with Gasteiger partial charge in [-0.15, -0.1) is 0 Å². The van der Waals surface area contributed by atoms with E-state index in [2.05, 4.69) is 12.2 Å². The summed E-state index contributed by atoms with van der Waals surface area (Å²) in [6, 6.07) is 7.26. The van der Waals surface area contributed by atoms with Gasteiger partial charge in [0, 0.05) is 5.39 Å². The van der Waals surface area contributed by atoms with Crippen molar-refractivity contribution in [2.24, 2.45) is 5.41 Å². The molecule has 1 fully saturated rings. The first-order chi connectivity index (χ1) is 9.70. The lowest BCUT2D eigenvalue weighted by Crippen LogP contribution is -2.33. The highest BCUT2D eigenvalue weighted by molar-refractivity contribution is 5.78. The largest absolute Gasteiger partial charge is 0.456 e. The molecule has 0 aliphatic heterocycles. The summed E-state index contributed by atoms with van der Waals surface area (Å²) in [5, 5.41) is 4.27. The maximum absolute atomic E-state index is 13.8. The highest BCUT2D eigenvalue weighted by atomic mass is 19.1. The van der Waals surface area contributed by atoms with Crippen molar-refractivity contribution in [3.05, 3.63) is 35.8 Å². The minimum Gasteiger partial charge on any atom is -0.456 e. The minimum atomic E-state index is -0.277. The quantitative estimate of drug-likeness (QED) is 0.866. The van der Waals surface area contributed by atoms with E-state index < -0.39 is 0 Å². The van der Waals surface area contributed by atoms with Crippen molar-refractivity contribution in [1.82, 2.24) is 5.32 Å². The second-order valence-electron chi connectivity index (χ2n) is 5.95. The van der Waals surface area contributed by atoms with Gasteiger partial charge in [0.05, 0.1) is 6.04 Å². The Hall–Kier alpha value is -1.35. The van der Waals surface area contributed by atoms with Crippen molar-refractivity contribution in [1.29, 1.82) is 0 Å². The number of hydrogen-bond donors (Lipinski definition) is 1. The maximum atomic E-state index is 13.8. The molecule has 0 amide bonds. The van der Waals surface area contributed by atoms with E-state index in [0.717, 1.165) is 17.6 Å². The molecular formula is C17H22FNO. The van der Waals surface area contributed by atoms with Gasteiger partial charge >= 0.3 is 0 Å². The van der Waals surface area contributed by atoms with Crippen LogP contribution in [-0.4, -0.2) is 7.05 Å². The van der Waals surface area contributed by atoms with Gasteiger partial charge in [-0.3, -0.25) is 0 Å². The van der Waals surface area contributed by atoms with Gasteiger partial charge in [0.2, 0.25) is 0 Å². The molecule has 0 saturated heterocycles. The Morgan fingerprint density at radius 2 is 2.10 bits per heavy atom. The van der Waals surface area contributed by atoms with Crippen LogP contribution in [0.2, 0.25) is 0 Å². The minimum absolute atomic E-state index is 0.168. The third-order valence-electron chi connectivity index (χ3n) is 5.00. The Bertz CT molecular complexity index is 598. The van der Waals surface area contributed by atoms with Gasteiger partial charge in [0.1, 0.15) is 5.76 Å². The standard InChI is InChI=1S/C17H22FNO/c1-3-17(9-4-5-10-17)16(19-2)14-11-12-7-6-8-13(18)15(12)20-14/h6-8,11,16,19H,3-5,9-10H2,1-2H3. The van der Waals surface area contributed by atoms with Gasteiger partial charge in [0.15, 0.2) is 11.4 Å². The van der Waals surface area contributed by atoms with Crippen molar-refractivity contribution >= 4 is 11.0 Å². The van der Waals surface area contributed by atoms with E-state index in [4.69, 9.17) is 4.42 Å². The Kier molecular flexibility index (Phi) is 3.55. The van der Waals surface area contributed by atoms with Crippen LogP contribution in [0.4, 0.5) is 4.39 Å². The summed E-state index contributed by atoms with van der Waals surface area (Å²) in [7, 11) is 1.98. The molecule has 20 heavy (non-hydrogen) atoms. The van der Waals surface area contributed by atoms with E-state index in [1.54, 1.807) is 6.07 Å². The van der Waals surface area contributed by atoms with Gasteiger partial charge in [-0.25, -0.2) is 4.39 Å². The average Bonchev–Trinajstić information content (AvgIpc) is 3.08. The maximum Gasteiger partial charge on any atom is 0.169 e. The Labute approximate surface area is 119 Å². The van der Waals surface area contributed by atoms with Crippen LogP contribution in [0.5, 0.6) is 0 Å². The van der Waals surface area contributed by atoms with Crippen molar-refractivity contribution in [2.45, 2.75) is 45.1 Å². The van der Waals surface area contributed by atoms with Gasteiger partial charge in [-0.2, -0.15) is 0 Å². The predicted molar refractivity (Wildman–Crippen MR) is 79.2 cm³/mol. The number of fused-ring (bicyclic) bond motifs is 1. The number of nitrogens with one attached hydrogen (secondary N) is 1. The molecule has 1 aliphatic carbocycles. The fourth-order valence-corrected chi connectivity index (χ4v) is 3.87. The molecule has 0 spiro atoms. The van der Waals surface area contributed by atoms with Crippen LogP contribution in [0.15, 0.2) is 28.7 Å². The lowest BCUT2D eigenvalue weighted by Gasteiger charge is -2.35.